The van der Waals surface area contributed by atoms with E-state index in [2.05, 4.69) is 5.32 Å². The van der Waals surface area contributed by atoms with E-state index in [4.69, 9.17) is 5.73 Å². The van der Waals surface area contributed by atoms with Crippen LogP contribution in [0.1, 0.15) is 18.9 Å². The second-order valence-corrected chi connectivity index (χ2v) is 5.11. The Morgan fingerprint density at radius 1 is 1.33 bits per heavy atom. The van der Waals surface area contributed by atoms with Gasteiger partial charge in [-0.15, -0.1) is 11.8 Å². The number of aliphatic hydroxyl groups is 2. The van der Waals surface area contributed by atoms with E-state index in [1.165, 1.54) is 0 Å². The smallest absolute Gasteiger partial charge is 0.0832 e. The van der Waals surface area contributed by atoms with Gasteiger partial charge in [0.25, 0.3) is 0 Å². The third-order valence-electron chi connectivity index (χ3n) is 3.24. The molecular weight excluding hydrogens is 248 g/mol. The molecular formula is C13H22N2O2S. The molecule has 0 unspecified atom stereocenters. The van der Waals surface area contributed by atoms with Gasteiger partial charge in [0.2, 0.25) is 0 Å². The summed E-state index contributed by atoms with van der Waals surface area (Å²) < 4.78 is 0. The van der Waals surface area contributed by atoms with Gasteiger partial charge in [-0.25, -0.2) is 0 Å². The van der Waals surface area contributed by atoms with Crippen molar-refractivity contribution >= 4 is 17.4 Å². The predicted molar refractivity (Wildman–Crippen MR) is 76.9 cm³/mol. The number of aliphatic hydroxyl groups excluding tert-OH is 2. The first-order valence-corrected chi connectivity index (χ1v) is 7.24. The van der Waals surface area contributed by atoms with E-state index >= 15 is 0 Å². The number of hydrogen-bond donors (Lipinski definition) is 4. The molecule has 102 valence electrons. The Labute approximate surface area is 113 Å². The molecule has 5 N–H and O–H groups in total. The van der Waals surface area contributed by atoms with Crippen LogP contribution >= 0.6 is 11.8 Å². The zero-order valence-corrected chi connectivity index (χ0v) is 11.8. The molecule has 0 saturated carbocycles. The molecule has 0 bridgehead atoms. The van der Waals surface area contributed by atoms with Gasteiger partial charge in [-0.2, -0.15) is 0 Å². The van der Waals surface area contributed by atoms with E-state index in [-0.39, 0.29) is 13.2 Å². The van der Waals surface area contributed by atoms with Crippen molar-refractivity contribution in [3.8, 4) is 0 Å². The number of nitrogens with two attached hydrogens (primary N) is 1. The largest absolute Gasteiger partial charge is 0.394 e. The fraction of sp³-hybridized carbons (Fsp3) is 0.538. The number of nitrogens with one attached hydrogen (secondary N) is 1. The SMILES string of the molecule is CCC(CO)(CO)Nc1cccc(SC)c1CN. The van der Waals surface area contributed by atoms with Crippen LogP contribution in [-0.4, -0.2) is 35.2 Å². The molecule has 1 rings (SSSR count). The van der Waals surface area contributed by atoms with Gasteiger partial charge in [-0.1, -0.05) is 13.0 Å². The van der Waals surface area contributed by atoms with Gasteiger partial charge in [0.1, 0.15) is 0 Å². The maximum atomic E-state index is 9.47. The van der Waals surface area contributed by atoms with Gasteiger partial charge in [0.15, 0.2) is 0 Å². The lowest BCUT2D eigenvalue weighted by atomic mass is 9.97. The van der Waals surface area contributed by atoms with Crippen molar-refractivity contribution in [2.45, 2.75) is 30.3 Å². The average molecular weight is 270 g/mol. The number of benzene rings is 1. The van der Waals surface area contributed by atoms with Crippen LogP contribution in [0.4, 0.5) is 5.69 Å². The third kappa shape index (κ3) is 3.17. The van der Waals surface area contributed by atoms with Crippen LogP contribution < -0.4 is 11.1 Å². The number of hydrogen-bond acceptors (Lipinski definition) is 5. The molecule has 0 saturated heterocycles. The molecule has 1 aromatic rings. The summed E-state index contributed by atoms with van der Waals surface area (Å²) in [5.74, 6) is 0. The Kier molecular flexibility index (Phi) is 5.95. The Bertz CT molecular complexity index is 373. The Morgan fingerprint density at radius 3 is 2.44 bits per heavy atom. The zero-order valence-electron chi connectivity index (χ0n) is 10.9. The number of rotatable bonds is 7. The summed E-state index contributed by atoms with van der Waals surface area (Å²) in [4.78, 5) is 1.11. The second kappa shape index (κ2) is 6.99. The summed E-state index contributed by atoms with van der Waals surface area (Å²) in [6, 6.07) is 5.89. The van der Waals surface area contributed by atoms with Crippen LogP contribution in [0.3, 0.4) is 0 Å². The molecule has 0 fully saturated rings. The van der Waals surface area contributed by atoms with E-state index in [9.17, 15) is 10.2 Å². The molecule has 18 heavy (non-hydrogen) atoms. The lowest BCUT2D eigenvalue weighted by molar-refractivity contribution is 0.132. The van der Waals surface area contributed by atoms with E-state index < -0.39 is 5.54 Å². The van der Waals surface area contributed by atoms with Gasteiger partial charge < -0.3 is 21.3 Å². The van der Waals surface area contributed by atoms with E-state index in [0.29, 0.717) is 13.0 Å². The van der Waals surface area contributed by atoms with Crippen LogP contribution in [0.2, 0.25) is 0 Å². The van der Waals surface area contributed by atoms with Crippen molar-refractivity contribution in [2.75, 3.05) is 24.8 Å². The van der Waals surface area contributed by atoms with E-state index in [1.807, 2.05) is 31.4 Å². The first-order valence-electron chi connectivity index (χ1n) is 6.02. The highest BCUT2D eigenvalue weighted by atomic mass is 32.2. The minimum atomic E-state index is -0.694. The van der Waals surface area contributed by atoms with Crippen molar-refractivity contribution in [2.24, 2.45) is 5.73 Å². The average Bonchev–Trinajstić information content (AvgIpc) is 2.44. The normalized spacial score (nSPS) is 11.6. The fourth-order valence-electron chi connectivity index (χ4n) is 1.81. The topological polar surface area (TPSA) is 78.5 Å². The van der Waals surface area contributed by atoms with E-state index in [1.54, 1.807) is 11.8 Å². The molecule has 0 aliphatic rings. The van der Waals surface area contributed by atoms with Crippen LogP contribution in [-0.2, 0) is 6.54 Å². The Balaban J connectivity index is 3.09. The quantitative estimate of drug-likeness (QED) is 0.564. The zero-order chi connectivity index (χ0) is 13.6. The van der Waals surface area contributed by atoms with Gasteiger partial charge in [0, 0.05) is 22.7 Å². The van der Waals surface area contributed by atoms with Gasteiger partial charge in [-0.05, 0) is 24.8 Å². The molecule has 0 amide bonds. The van der Waals surface area contributed by atoms with Gasteiger partial charge in [-0.3, -0.25) is 0 Å². The minimum absolute atomic E-state index is 0.118. The maximum Gasteiger partial charge on any atom is 0.0832 e. The number of anilines is 1. The molecule has 0 atom stereocenters. The first-order chi connectivity index (χ1) is 8.66. The highest BCUT2D eigenvalue weighted by molar-refractivity contribution is 7.98. The summed E-state index contributed by atoms with van der Waals surface area (Å²) in [5, 5.41) is 22.2. The van der Waals surface area contributed by atoms with Gasteiger partial charge >= 0.3 is 0 Å². The lowest BCUT2D eigenvalue weighted by Crippen LogP contribution is -2.45. The van der Waals surface area contributed by atoms with Crippen molar-refractivity contribution < 1.29 is 10.2 Å². The summed E-state index contributed by atoms with van der Waals surface area (Å²) in [6.45, 7) is 2.12. The first kappa shape index (κ1) is 15.3. The molecule has 0 radical (unpaired) electrons. The fourth-order valence-corrected chi connectivity index (χ4v) is 2.47. The molecule has 0 heterocycles. The van der Waals surface area contributed by atoms with Crippen LogP contribution in [0.5, 0.6) is 0 Å². The summed E-state index contributed by atoms with van der Waals surface area (Å²) in [5.41, 5.74) is 7.00. The lowest BCUT2D eigenvalue weighted by Gasteiger charge is -2.32. The van der Waals surface area contributed by atoms with Crippen LogP contribution in [0, 0.1) is 0 Å². The number of thioether (sulfide) groups is 1. The summed E-state index contributed by atoms with van der Waals surface area (Å²) in [7, 11) is 0. The molecule has 4 nitrogen and oxygen atoms in total. The van der Waals surface area contributed by atoms with Gasteiger partial charge in [0.05, 0.1) is 18.8 Å². The monoisotopic (exact) mass is 270 g/mol. The highest BCUT2D eigenvalue weighted by Gasteiger charge is 2.27. The minimum Gasteiger partial charge on any atom is -0.394 e. The Morgan fingerprint density at radius 2 is 2.00 bits per heavy atom. The van der Waals surface area contributed by atoms with E-state index in [0.717, 1.165) is 16.1 Å². The Hall–Kier alpha value is -0.750. The van der Waals surface area contributed by atoms with Crippen molar-refractivity contribution in [3.63, 3.8) is 0 Å². The van der Waals surface area contributed by atoms with Crippen molar-refractivity contribution in [1.82, 2.24) is 0 Å². The van der Waals surface area contributed by atoms with Crippen LogP contribution in [0.15, 0.2) is 23.1 Å². The molecule has 0 aromatic heterocycles. The third-order valence-corrected chi connectivity index (χ3v) is 4.06. The second-order valence-electron chi connectivity index (χ2n) is 4.27. The van der Waals surface area contributed by atoms with Crippen molar-refractivity contribution in [3.05, 3.63) is 23.8 Å². The summed E-state index contributed by atoms with van der Waals surface area (Å²) in [6.07, 6.45) is 2.64. The highest BCUT2D eigenvalue weighted by Crippen LogP contribution is 2.29. The predicted octanol–water partition coefficient (Wildman–Crippen LogP) is 1.41. The molecule has 5 heteroatoms. The van der Waals surface area contributed by atoms with Crippen LogP contribution in [0.25, 0.3) is 0 Å². The molecule has 1 aromatic carbocycles. The van der Waals surface area contributed by atoms with Crippen molar-refractivity contribution in [1.29, 1.82) is 0 Å². The molecule has 0 spiro atoms. The summed E-state index contributed by atoms with van der Waals surface area (Å²) >= 11 is 1.64. The maximum absolute atomic E-state index is 9.47. The molecule has 0 aliphatic carbocycles. The standard InChI is InChI=1S/C13H22N2O2S/c1-3-13(8-16,9-17)15-11-5-4-6-12(18-2)10(11)7-14/h4-6,15-17H,3,7-9,14H2,1-2H3. The molecule has 0 aliphatic heterocycles.